The normalized spacial score (nSPS) is 28.9. The van der Waals surface area contributed by atoms with Crippen LogP contribution in [0.4, 0.5) is 23.3 Å². The number of aromatic nitrogens is 8. The van der Waals surface area contributed by atoms with E-state index in [-0.39, 0.29) is 28.8 Å². The summed E-state index contributed by atoms with van der Waals surface area (Å²) in [6.07, 6.45) is -3.26. The van der Waals surface area contributed by atoms with Gasteiger partial charge < -0.3 is 103 Å². The monoisotopic (exact) mass is 1320 g/mol. The molecule has 8 rings (SSSR count). The van der Waals surface area contributed by atoms with Crippen molar-refractivity contribution in [3.63, 3.8) is 0 Å². The Labute approximate surface area is 488 Å². The van der Waals surface area contributed by atoms with E-state index in [0.29, 0.717) is 9.13 Å². The van der Waals surface area contributed by atoms with E-state index in [2.05, 4.69) is 82.1 Å². The van der Waals surface area contributed by atoms with Crippen LogP contribution in [0.2, 0.25) is 39.3 Å². The van der Waals surface area contributed by atoms with Crippen molar-refractivity contribution in [2.24, 2.45) is 0 Å². The van der Waals surface area contributed by atoms with Crippen LogP contribution in [0.1, 0.15) is 36.0 Å². The van der Waals surface area contributed by atoms with Gasteiger partial charge in [0, 0.05) is 24.8 Å². The first-order valence-corrected chi connectivity index (χ1v) is 32.9. The van der Waals surface area contributed by atoms with Crippen molar-refractivity contribution in [3.8, 4) is 35.8 Å². The van der Waals surface area contributed by atoms with E-state index in [0.717, 1.165) is 18.3 Å². The number of nitrogen functional groups attached to an aromatic ring is 4. The largest absolute Gasteiger partial charge is 0.394 e. The highest BCUT2D eigenvalue weighted by molar-refractivity contribution is 14.1. The molecule has 4 aromatic rings. The fraction of sp³-hybridized carbons (Fsp3) is 0.542. The second kappa shape index (κ2) is 29.6. The molecular formula is C48H69IN12O20Si2. The lowest BCUT2D eigenvalue weighted by Crippen LogP contribution is -2.36. The van der Waals surface area contributed by atoms with E-state index in [1.807, 2.05) is 22.6 Å². The Kier molecular flexibility index (Phi) is 24.8. The Bertz CT molecular complexity index is 3260. The molecule has 4 unspecified atom stereocenters. The predicted octanol–water partition coefficient (Wildman–Crippen LogP) is -6.94. The summed E-state index contributed by atoms with van der Waals surface area (Å²) in [5.74, 6) is 5.19. The van der Waals surface area contributed by atoms with E-state index in [9.17, 15) is 60.0 Å². The average molecular weight is 1320 g/mol. The van der Waals surface area contributed by atoms with E-state index < -0.39 is 163 Å². The number of ether oxygens (including phenoxy) is 4. The minimum atomic E-state index is -1.65. The number of nitrogens with zero attached hydrogens (tertiary/aromatic N) is 8. The van der Waals surface area contributed by atoms with Gasteiger partial charge in [-0.3, -0.25) is 18.3 Å². The smallest absolute Gasteiger partial charge is 0.351 e. The number of rotatable bonds is 8. The summed E-state index contributed by atoms with van der Waals surface area (Å²) in [6.45, 7) is 10.7. The molecule has 32 nitrogen and oxygen atoms in total. The lowest BCUT2D eigenvalue weighted by atomic mass is 10.1. The number of terminal acetylenes is 2. The van der Waals surface area contributed by atoms with Crippen molar-refractivity contribution >= 4 is 62.0 Å². The zero-order valence-electron chi connectivity index (χ0n) is 45.5. The molecule has 4 saturated heterocycles. The number of hydrogen-bond donors (Lipinski definition) is 16. The van der Waals surface area contributed by atoms with Crippen LogP contribution >= 0.6 is 22.6 Å². The standard InChI is InChI=1S/C14H21N3O5Si.C11H13N3O5.C9H12IN3O5.C9H13N3O5.C5H10Si/c1-23(2,3)5-4-8-6-17(14(21)16-12(8)15)13-11(20)10(19)9(7-18)22-13;1-2-5-3-14(11(18)13-9(5)12)10-8(17)7(16)6(4-15)19-10;10-3-1-13(9(17)12-7(3)11)8-6(16)5(15)4(2-14)18-8;10-5-1-2-12(9(16)11-5)8-7(15)6(14)4(3-13)17-8;1-5-6(2,3)4/h6,9-11,13,18-20H,7H2,1-3H3,(H2,15,16,21);1,3,6-8,10,15-17H,4H2,(H2,12,13,18);1,4-6,8,14-16H,2H2,(H2,11,12,17);1-2,4,6-8,13-15H,3H2,(H2,10,11,16);1H,2-4H3/t9-,10+,11?,13-;6-,7+,8?,10-;4-,5+,6?,8-;4-,6+,7?,8-;/m1111./s1. The van der Waals surface area contributed by atoms with Crippen molar-refractivity contribution < 1.29 is 80.2 Å². The van der Waals surface area contributed by atoms with E-state index in [1.54, 1.807) is 0 Å². The van der Waals surface area contributed by atoms with Crippen LogP contribution in [0.25, 0.3) is 0 Å². The first-order valence-electron chi connectivity index (χ1n) is 24.8. The Morgan fingerprint density at radius 2 is 0.819 bits per heavy atom. The fourth-order valence-corrected chi connectivity index (χ4v) is 8.42. The fourth-order valence-electron chi connectivity index (χ4n) is 7.49. The van der Waals surface area contributed by atoms with Crippen molar-refractivity contribution in [1.82, 2.24) is 38.2 Å². The zero-order valence-corrected chi connectivity index (χ0v) is 49.7. The van der Waals surface area contributed by atoms with Gasteiger partial charge >= 0.3 is 22.8 Å². The maximum absolute atomic E-state index is 12.0. The Morgan fingerprint density at radius 3 is 1.13 bits per heavy atom. The van der Waals surface area contributed by atoms with Crippen LogP contribution in [0.15, 0.2) is 50.0 Å². The summed E-state index contributed by atoms with van der Waals surface area (Å²) < 4.78 is 25.5. The maximum atomic E-state index is 12.0. The van der Waals surface area contributed by atoms with Crippen LogP contribution in [-0.2, 0) is 18.9 Å². The van der Waals surface area contributed by atoms with Gasteiger partial charge in [0.2, 0.25) is 0 Å². The summed E-state index contributed by atoms with van der Waals surface area (Å²) in [6, 6.07) is 1.37. The summed E-state index contributed by atoms with van der Waals surface area (Å²) >= 11 is 1.88. The molecule has 0 aliphatic carbocycles. The molecule has 4 fully saturated rings. The second-order valence-electron chi connectivity index (χ2n) is 20.6. The van der Waals surface area contributed by atoms with Crippen LogP contribution in [-0.4, -0.2) is 215 Å². The molecule has 35 heteroatoms. The third kappa shape index (κ3) is 17.5. The van der Waals surface area contributed by atoms with E-state index >= 15 is 0 Å². The lowest BCUT2D eigenvalue weighted by molar-refractivity contribution is -0.0550. The summed E-state index contributed by atoms with van der Waals surface area (Å²) in [7, 11) is -2.76. The summed E-state index contributed by atoms with van der Waals surface area (Å²) in [5, 5.41) is 114. The number of hydrogen-bond acceptors (Lipinski definition) is 28. The minimum Gasteiger partial charge on any atom is -0.394 e. The van der Waals surface area contributed by atoms with Crippen molar-refractivity contribution in [2.45, 2.75) is 137 Å². The molecule has 4 aromatic heterocycles. The van der Waals surface area contributed by atoms with Gasteiger partial charge in [-0.1, -0.05) is 51.1 Å². The molecule has 16 atom stereocenters. The Hall–Kier alpha value is -6.08. The Morgan fingerprint density at radius 1 is 0.506 bits per heavy atom. The molecule has 0 bridgehead atoms. The molecule has 4 aliphatic rings. The van der Waals surface area contributed by atoms with Gasteiger partial charge in [0.1, 0.15) is 113 Å². The lowest BCUT2D eigenvalue weighted by Gasteiger charge is -2.17. The average Bonchev–Trinajstić information content (AvgIpc) is 4.19. The predicted molar refractivity (Wildman–Crippen MR) is 307 cm³/mol. The van der Waals surface area contributed by atoms with Crippen LogP contribution < -0.4 is 45.7 Å². The third-order valence-electron chi connectivity index (χ3n) is 12.1. The highest BCUT2D eigenvalue weighted by Gasteiger charge is 2.47. The van der Waals surface area contributed by atoms with Crippen molar-refractivity contribution in [1.29, 1.82) is 0 Å². The molecule has 4 aliphatic heterocycles. The first-order chi connectivity index (χ1) is 38.7. The second-order valence-corrected chi connectivity index (χ2v) is 31.3. The van der Waals surface area contributed by atoms with Crippen molar-refractivity contribution in [3.05, 3.63) is 87.5 Å². The number of nitrogens with two attached hydrogens (primary N) is 4. The first kappa shape index (κ1) is 69.4. The molecule has 0 saturated carbocycles. The Balaban J connectivity index is 0.000000231. The molecule has 0 amide bonds. The third-order valence-corrected chi connectivity index (χ3v) is 14.6. The molecule has 8 heterocycles. The highest BCUT2D eigenvalue weighted by Crippen LogP contribution is 2.32. The molecule has 0 spiro atoms. The molecule has 83 heavy (non-hydrogen) atoms. The van der Waals surface area contributed by atoms with Gasteiger partial charge in [-0.2, -0.15) is 19.9 Å². The number of anilines is 4. The van der Waals surface area contributed by atoms with Gasteiger partial charge in [0.05, 0.1) is 41.1 Å². The zero-order chi connectivity index (χ0) is 62.7. The molecule has 0 aromatic carbocycles. The highest BCUT2D eigenvalue weighted by atomic mass is 127. The number of halogens is 1. The van der Waals surface area contributed by atoms with Crippen molar-refractivity contribution in [2.75, 3.05) is 49.4 Å². The summed E-state index contributed by atoms with van der Waals surface area (Å²) in [5.41, 5.74) is 25.5. The SMILES string of the molecule is C#C[Si](C)(C)C.C#Cc1cn([C@@H]2O[C@H](CO)[C@H](O)C2O)c(=O)nc1N.C[Si](C)(C)C#Cc1cn([C@@H]2O[C@H](CO)[C@H](O)C2O)c(=O)nc1N.Nc1ccn([C@@H]2O[C@H](CO)[C@H](O)C2O)c(=O)n1.Nc1nc(=O)n([C@@H]2O[C@H](CO)[C@H](O)C2O)cc1I. The van der Waals surface area contributed by atoms with Gasteiger partial charge in [-0.25, -0.2) is 19.2 Å². The summed E-state index contributed by atoms with van der Waals surface area (Å²) in [4.78, 5) is 61.2. The van der Waals surface area contributed by atoms with E-state index in [1.165, 1.54) is 30.9 Å². The van der Waals surface area contributed by atoms with Gasteiger partial charge in [-0.15, -0.1) is 23.9 Å². The van der Waals surface area contributed by atoms with Crippen LogP contribution in [0.5, 0.6) is 0 Å². The van der Waals surface area contributed by atoms with Crippen LogP contribution in [0.3, 0.4) is 0 Å². The quantitative estimate of drug-likeness (QED) is 0.0443. The molecule has 20 N–H and O–H groups in total. The topological polar surface area (TPSA) is 523 Å². The molecule has 0 radical (unpaired) electrons. The minimum absolute atomic E-state index is 0.00347. The van der Waals surface area contributed by atoms with Gasteiger partial charge in [0.25, 0.3) is 0 Å². The van der Waals surface area contributed by atoms with Gasteiger partial charge in [0.15, 0.2) is 24.9 Å². The molecular weight excluding hydrogens is 1250 g/mol. The number of aliphatic hydroxyl groups is 12. The van der Waals surface area contributed by atoms with Gasteiger partial charge in [-0.05, 0) is 28.7 Å². The maximum Gasteiger partial charge on any atom is 0.351 e. The van der Waals surface area contributed by atoms with Crippen LogP contribution in [0, 0.1) is 39.3 Å². The molecule has 456 valence electrons. The number of aliphatic hydroxyl groups excluding tert-OH is 12. The van der Waals surface area contributed by atoms with E-state index in [4.69, 9.17) is 75.2 Å².